The molecule has 0 saturated carbocycles. The molecule has 2 heterocycles. The number of fused-ring (bicyclic) bond motifs is 1. The topological polar surface area (TPSA) is 60.5 Å². The van der Waals surface area contributed by atoms with Crippen molar-refractivity contribution in [2.45, 2.75) is 18.6 Å². The lowest BCUT2D eigenvalue weighted by Gasteiger charge is -2.14. The highest BCUT2D eigenvalue weighted by Crippen LogP contribution is 2.31. The minimum atomic E-state index is -0.313. The van der Waals surface area contributed by atoms with Crippen LogP contribution in [0.4, 0.5) is 0 Å². The van der Waals surface area contributed by atoms with Gasteiger partial charge in [-0.1, -0.05) is 11.6 Å². The smallest absolute Gasteiger partial charge is 0.323 e. The molecule has 5 nitrogen and oxygen atoms in total. The molecule has 0 amide bonds. The van der Waals surface area contributed by atoms with E-state index < -0.39 is 0 Å². The molecule has 1 fully saturated rings. The number of aromatic nitrogens is 1. The van der Waals surface area contributed by atoms with E-state index >= 15 is 0 Å². The first-order valence-corrected chi connectivity index (χ1v) is 7.08. The third-order valence-corrected chi connectivity index (χ3v) is 3.88. The quantitative estimate of drug-likeness (QED) is 0.868. The summed E-state index contributed by atoms with van der Waals surface area (Å²) in [6.45, 7) is 0.594. The Hall–Kier alpha value is -1.56. The van der Waals surface area contributed by atoms with E-state index in [-0.39, 0.29) is 30.5 Å². The highest BCUT2D eigenvalue weighted by molar-refractivity contribution is 6.35. The van der Waals surface area contributed by atoms with Crippen LogP contribution in [0.3, 0.4) is 0 Å². The second-order valence-electron chi connectivity index (χ2n) is 4.90. The number of carbonyl (C=O) groups is 1. The van der Waals surface area contributed by atoms with E-state index in [9.17, 15) is 4.79 Å². The molecule has 118 valence electrons. The van der Waals surface area contributed by atoms with Crippen LogP contribution < -0.4 is 10.1 Å². The number of nitrogens with zero attached hydrogens (tertiary/aromatic N) is 1. The van der Waals surface area contributed by atoms with Gasteiger partial charge in [0.25, 0.3) is 0 Å². The van der Waals surface area contributed by atoms with Gasteiger partial charge in [-0.3, -0.25) is 9.78 Å². The number of benzene rings is 1. The summed E-state index contributed by atoms with van der Waals surface area (Å²) in [7, 11) is 1.38. The van der Waals surface area contributed by atoms with Crippen molar-refractivity contribution in [3.63, 3.8) is 0 Å². The lowest BCUT2D eigenvalue weighted by Crippen LogP contribution is -2.31. The summed E-state index contributed by atoms with van der Waals surface area (Å²) < 4.78 is 10.7. The summed E-state index contributed by atoms with van der Waals surface area (Å²) in [5.74, 6) is 0.410. The predicted octanol–water partition coefficient (Wildman–Crippen LogP) is 2.59. The van der Waals surface area contributed by atoms with E-state index in [0.717, 1.165) is 10.9 Å². The molecule has 0 aliphatic carbocycles. The molecule has 1 aromatic carbocycles. The van der Waals surface area contributed by atoms with Gasteiger partial charge in [0, 0.05) is 24.5 Å². The third-order valence-electron chi connectivity index (χ3n) is 3.55. The van der Waals surface area contributed by atoms with Gasteiger partial charge in [0.1, 0.15) is 23.4 Å². The number of methoxy groups -OCH3 is 1. The van der Waals surface area contributed by atoms with Gasteiger partial charge in [0.2, 0.25) is 0 Å². The third kappa shape index (κ3) is 3.27. The van der Waals surface area contributed by atoms with Crippen LogP contribution in [0.25, 0.3) is 10.9 Å². The van der Waals surface area contributed by atoms with Gasteiger partial charge in [-0.15, -0.1) is 12.4 Å². The SMILES string of the molecule is COC(=O)[C@@H]1C[C@H](Oc2ccc(Cl)c3cccnc23)CN1.Cl. The second kappa shape index (κ2) is 7.13. The predicted molar refractivity (Wildman–Crippen MR) is 86.8 cm³/mol. The number of ether oxygens (including phenoxy) is 2. The normalized spacial score (nSPS) is 20.5. The molecule has 0 spiro atoms. The zero-order chi connectivity index (χ0) is 14.8. The number of rotatable bonds is 3. The molecule has 3 rings (SSSR count). The summed E-state index contributed by atoms with van der Waals surface area (Å²) >= 11 is 6.16. The van der Waals surface area contributed by atoms with Crippen LogP contribution in [0.1, 0.15) is 6.42 Å². The van der Waals surface area contributed by atoms with Crippen LogP contribution in [0, 0.1) is 0 Å². The number of pyridine rings is 1. The maximum atomic E-state index is 11.5. The summed E-state index contributed by atoms with van der Waals surface area (Å²) in [4.78, 5) is 15.8. The van der Waals surface area contributed by atoms with Crippen LogP contribution in [-0.2, 0) is 9.53 Å². The number of hydrogen-bond donors (Lipinski definition) is 1. The Bertz CT molecular complexity index is 681. The number of nitrogens with one attached hydrogen (secondary N) is 1. The molecule has 0 radical (unpaired) electrons. The molecule has 0 bridgehead atoms. The Morgan fingerprint density at radius 2 is 2.23 bits per heavy atom. The Kier molecular flexibility index (Phi) is 5.45. The Morgan fingerprint density at radius 1 is 1.41 bits per heavy atom. The van der Waals surface area contributed by atoms with Crippen LogP contribution in [0.15, 0.2) is 30.5 Å². The average Bonchev–Trinajstić information content (AvgIpc) is 2.98. The number of esters is 1. The van der Waals surface area contributed by atoms with E-state index in [0.29, 0.717) is 23.7 Å². The van der Waals surface area contributed by atoms with Crippen LogP contribution in [-0.4, -0.2) is 36.8 Å². The van der Waals surface area contributed by atoms with Gasteiger partial charge in [-0.05, 0) is 24.3 Å². The lowest BCUT2D eigenvalue weighted by molar-refractivity contribution is -0.142. The van der Waals surface area contributed by atoms with Crippen molar-refractivity contribution in [1.82, 2.24) is 10.3 Å². The Morgan fingerprint density at radius 3 is 3.00 bits per heavy atom. The van der Waals surface area contributed by atoms with E-state index in [1.54, 1.807) is 12.3 Å². The maximum Gasteiger partial charge on any atom is 0.323 e. The van der Waals surface area contributed by atoms with Crippen LogP contribution in [0.5, 0.6) is 5.75 Å². The molecule has 22 heavy (non-hydrogen) atoms. The molecule has 2 atom stereocenters. The largest absolute Gasteiger partial charge is 0.487 e. The summed E-state index contributed by atoms with van der Waals surface area (Å²) in [5.41, 5.74) is 0.728. The van der Waals surface area contributed by atoms with Crippen molar-refractivity contribution in [3.05, 3.63) is 35.5 Å². The van der Waals surface area contributed by atoms with E-state index in [1.165, 1.54) is 7.11 Å². The van der Waals surface area contributed by atoms with Gasteiger partial charge in [-0.2, -0.15) is 0 Å². The minimum absolute atomic E-state index is 0. The first kappa shape index (κ1) is 16.8. The Labute approximate surface area is 139 Å². The molecule has 1 aromatic heterocycles. The van der Waals surface area contributed by atoms with Crippen molar-refractivity contribution >= 4 is 40.9 Å². The van der Waals surface area contributed by atoms with E-state index in [1.807, 2.05) is 18.2 Å². The van der Waals surface area contributed by atoms with Crippen molar-refractivity contribution in [3.8, 4) is 5.75 Å². The molecule has 1 aliphatic rings. The molecule has 0 unspecified atom stereocenters. The zero-order valence-electron chi connectivity index (χ0n) is 11.9. The monoisotopic (exact) mass is 342 g/mol. The minimum Gasteiger partial charge on any atom is -0.487 e. The second-order valence-corrected chi connectivity index (χ2v) is 5.31. The first-order chi connectivity index (χ1) is 10.2. The standard InChI is InChI=1S/C15H15ClN2O3.ClH/c1-20-15(19)12-7-9(8-18-12)21-13-5-4-11(16)10-3-2-6-17-14(10)13;/h2-6,9,12,18H,7-8H2,1H3;1H/t9-,12-;/m0./s1. The lowest BCUT2D eigenvalue weighted by atomic mass is 10.2. The average molecular weight is 343 g/mol. The first-order valence-electron chi connectivity index (χ1n) is 6.70. The molecule has 7 heteroatoms. The van der Waals surface area contributed by atoms with Crippen molar-refractivity contribution in [2.75, 3.05) is 13.7 Å². The van der Waals surface area contributed by atoms with E-state index in [2.05, 4.69) is 10.3 Å². The molecular weight excluding hydrogens is 327 g/mol. The van der Waals surface area contributed by atoms with E-state index in [4.69, 9.17) is 21.1 Å². The van der Waals surface area contributed by atoms with Gasteiger partial charge in [-0.25, -0.2) is 0 Å². The Balaban J connectivity index is 0.00000176. The summed E-state index contributed by atoms with van der Waals surface area (Å²) in [6, 6.07) is 7.03. The summed E-state index contributed by atoms with van der Waals surface area (Å²) in [6.07, 6.45) is 2.18. The molecule has 1 N–H and O–H groups in total. The highest BCUT2D eigenvalue weighted by atomic mass is 35.5. The molecular formula is C15H16Cl2N2O3. The fourth-order valence-electron chi connectivity index (χ4n) is 2.50. The zero-order valence-corrected chi connectivity index (χ0v) is 13.5. The highest BCUT2D eigenvalue weighted by Gasteiger charge is 2.31. The number of hydrogen-bond acceptors (Lipinski definition) is 5. The molecule has 2 aromatic rings. The number of carbonyl (C=O) groups excluding carboxylic acids is 1. The number of halogens is 2. The maximum absolute atomic E-state index is 11.5. The van der Waals surface area contributed by atoms with Gasteiger partial charge >= 0.3 is 5.97 Å². The van der Waals surface area contributed by atoms with Crippen molar-refractivity contribution in [2.24, 2.45) is 0 Å². The molecule has 1 saturated heterocycles. The van der Waals surface area contributed by atoms with Crippen molar-refractivity contribution in [1.29, 1.82) is 0 Å². The van der Waals surface area contributed by atoms with Crippen molar-refractivity contribution < 1.29 is 14.3 Å². The van der Waals surface area contributed by atoms with Gasteiger partial charge < -0.3 is 14.8 Å². The van der Waals surface area contributed by atoms with Gasteiger partial charge in [0.15, 0.2) is 0 Å². The van der Waals surface area contributed by atoms with Crippen LogP contribution >= 0.6 is 24.0 Å². The van der Waals surface area contributed by atoms with Crippen LogP contribution in [0.2, 0.25) is 5.02 Å². The fraction of sp³-hybridized carbons (Fsp3) is 0.333. The fourth-order valence-corrected chi connectivity index (χ4v) is 2.72. The molecule has 1 aliphatic heterocycles. The summed E-state index contributed by atoms with van der Waals surface area (Å²) in [5, 5.41) is 4.59. The van der Waals surface area contributed by atoms with Gasteiger partial charge in [0.05, 0.1) is 12.1 Å².